The van der Waals surface area contributed by atoms with E-state index in [1.165, 1.54) is 0 Å². The number of hydrogen-bond donors (Lipinski definition) is 2. The van der Waals surface area contributed by atoms with Gasteiger partial charge < -0.3 is 9.88 Å². The number of imidazole rings is 1. The van der Waals surface area contributed by atoms with Crippen LogP contribution in [-0.4, -0.2) is 39.1 Å². The van der Waals surface area contributed by atoms with E-state index >= 15 is 0 Å². The molecule has 5 rings (SSSR count). The van der Waals surface area contributed by atoms with Crippen LogP contribution >= 0.6 is 0 Å². The van der Waals surface area contributed by atoms with Gasteiger partial charge in [0.25, 0.3) is 11.8 Å². The highest BCUT2D eigenvalue weighted by Gasteiger charge is 2.47. The lowest BCUT2D eigenvalue weighted by atomic mass is 10.0. The van der Waals surface area contributed by atoms with E-state index < -0.39 is 6.17 Å². The van der Waals surface area contributed by atoms with Crippen LogP contribution in [0.4, 0.5) is 11.6 Å². The smallest absolute Gasteiger partial charge is 0.260 e. The molecule has 0 spiro atoms. The Hall–Kier alpha value is -3.94. The standard InChI is InChI=1S/C24H23N5O3/c30-20(27-24-25-13-14-26-24)12-2-1-7-15-28-21-16-8-3-4-9-17(16)23(32)29(21)19-11-6-5-10-18(19)22(28)31/h3-6,8-11,13-14,21H,1-2,7,12,15H2,(H2,25,26,27,30). The van der Waals surface area contributed by atoms with Crippen molar-refractivity contribution in [2.24, 2.45) is 0 Å². The number of hydrogen-bond acceptors (Lipinski definition) is 4. The quantitative estimate of drug-likeness (QED) is 0.559. The molecular formula is C24H23N5O3. The zero-order valence-corrected chi connectivity index (χ0v) is 17.5. The van der Waals surface area contributed by atoms with Crippen molar-refractivity contribution in [3.63, 3.8) is 0 Å². The molecule has 162 valence electrons. The second kappa shape index (κ2) is 8.30. The first-order valence-electron chi connectivity index (χ1n) is 10.8. The van der Waals surface area contributed by atoms with Crippen LogP contribution in [0.3, 0.4) is 0 Å². The van der Waals surface area contributed by atoms with Crippen molar-refractivity contribution in [2.45, 2.75) is 31.8 Å². The Balaban J connectivity index is 1.28. The van der Waals surface area contributed by atoms with Gasteiger partial charge in [-0.2, -0.15) is 0 Å². The summed E-state index contributed by atoms with van der Waals surface area (Å²) >= 11 is 0. The number of amides is 3. The van der Waals surface area contributed by atoms with Gasteiger partial charge in [0.15, 0.2) is 0 Å². The van der Waals surface area contributed by atoms with Gasteiger partial charge in [-0.3, -0.25) is 24.6 Å². The molecule has 3 heterocycles. The number of unbranched alkanes of at least 4 members (excludes halogenated alkanes) is 2. The van der Waals surface area contributed by atoms with Crippen molar-refractivity contribution < 1.29 is 14.4 Å². The number of aromatic amines is 1. The summed E-state index contributed by atoms with van der Waals surface area (Å²) in [6.45, 7) is 0.510. The fraction of sp³-hybridized carbons (Fsp3) is 0.250. The first-order chi connectivity index (χ1) is 15.6. The fourth-order valence-electron chi connectivity index (χ4n) is 4.47. The minimum absolute atomic E-state index is 0.0677. The number of nitrogens with zero attached hydrogens (tertiary/aromatic N) is 3. The van der Waals surface area contributed by atoms with E-state index in [2.05, 4.69) is 15.3 Å². The first-order valence-corrected chi connectivity index (χ1v) is 10.8. The van der Waals surface area contributed by atoms with Crippen molar-refractivity contribution in [3.8, 4) is 0 Å². The molecule has 3 amide bonds. The van der Waals surface area contributed by atoms with Gasteiger partial charge in [-0.25, -0.2) is 4.98 Å². The van der Waals surface area contributed by atoms with Crippen LogP contribution in [0.5, 0.6) is 0 Å². The van der Waals surface area contributed by atoms with E-state index in [9.17, 15) is 14.4 Å². The number of fused-ring (bicyclic) bond motifs is 5. The molecule has 1 aromatic heterocycles. The minimum atomic E-state index is -0.427. The van der Waals surface area contributed by atoms with E-state index in [0.717, 1.165) is 18.4 Å². The Morgan fingerprint density at radius 3 is 2.56 bits per heavy atom. The Morgan fingerprint density at radius 1 is 0.969 bits per heavy atom. The molecule has 2 aliphatic rings. The molecule has 0 radical (unpaired) electrons. The molecule has 0 fully saturated rings. The average molecular weight is 429 g/mol. The molecule has 0 saturated carbocycles. The van der Waals surface area contributed by atoms with Gasteiger partial charge in [-0.1, -0.05) is 36.8 Å². The highest BCUT2D eigenvalue weighted by Crippen LogP contribution is 2.45. The lowest BCUT2D eigenvalue weighted by Crippen LogP contribution is -2.48. The summed E-state index contributed by atoms with van der Waals surface area (Å²) in [6, 6.07) is 14.8. The Kier molecular flexibility index (Phi) is 5.18. The van der Waals surface area contributed by atoms with Gasteiger partial charge in [-0.15, -0.1) is 0 Å². The minimum Gasteiger partial charge on any atom is -0.331 e. The maximum Gasteiger partial charge on any atom is 0.260 e. The first kappa shape index (κ1) is 20.0. The molecular weight excluding hydrogens is 406 g/mol. The number of anilines is 2. The molecule has 2 aromatic carbocycles. The number of rotatable bonds is 7. The predicted molar refractivity (Wildman–Crippen MR) is 119 cm³/mol. The summed E-state index contributed by atoms with van der Waals surface area (Å²) in [5.74, 6) is 0.203. The Labute approximate surface area is 185 Å². The molecule has 32 heavy (non-hydrogen) atoms. The van der Waals surface area contributed by atoms with Crippen LogP contribution in [0.15, 0.2) is 60.9 Å². The van der Waals surface area contributed by atoms with Crippen LogP contribution in [0, 0.1) is 0 Å². The van der Waals surface area contributed by atoms with Crippen LogP contribution in [0.2, 0.25) is 0 Å². The highest BCUT2D eigenvalue weighted by molar-refractivity contribution is 6.16. The van der Waals surface area contributed by atoms with Crippen LogP contribution < -0.4 is 10.2 Å². The Bertz CT molecular complexity index is 1170. The number of para-hydroxylation sites is 1. The molecule has 3 aromatic rings. The van der Waals surface area contributed by atoms with Crippen LogP contribution in [0.25, 0.3) is 0 Å². The van der Waals surface area contributed by atoms with Crippen LogP contribution in [-0.2, 0) is 4.79 Å². The summed E-state index contributed by atoms with van der Waals surface area (Å²) in [7, 11) is 0. The van der Waals surface area contributed by atoms with Gasteiger partial charge in [-0.05, 0) is 31.0 Å². The molecule has 0 saturated heterocycles. The fourth-order valence-corrected chi connectivity index (χ4v) is 4.47. The van der Waals surface area contributed by atoms with Gasteiger partial charge in [0, 0.05) is 36.5 Å². The SMILES string of the molecule is O=C(CCCCCN1C(=O)c2ccccc2N2C(=O)c3ccccc3C12)Nc1ncc[nH]1. The largest absolute Gasteiger partial charge is 0.331 e. The van der Waals surface area contributed by atoms with Crippen molar-refractivity contribution in [1.29, 1.82) is 0 Å². The Morgan fingerprint density at radius 2 is 1.75 bits per heavy atom. The van der Waals surface area contributed by atoms with E-state index in [1.54, 1.807) is 28.3 Å². The summed E-state index contributed by atoms with van der Waals surface area (Å²) in [5.41, 5.74) is 2.71. The van der Waals surface area contributed by atoms with E-state index in [-0.39, 0.29) is 17.7 Å². The molecule has 0 aliphatic carbocycles. The summed E-state index contributed by atoms with van der Waals surface area (Å²) in [5, 5.41) is 2.71. The second-order valence-electron chi connectivity index (χ2n) is 7.95. The molecule has 8 heteroatoms. The molecule has 0 bridgehead atoms. The number of carbonyl (C=O) groups is 3. The highest BCUT2D eigenvalue weighted by atomic mass is 16.2. The third-order valence-corrected chi connectivity index (χ3v) is 5.94. The normalized spacial score (nSPS) is 16.6. The van der Waals surface area contributed by atoms with Crippen molar-refractivity contribution in [1.82, 2.24) is 14.9 Å². The number of H-pyrrole nitrogens is 1. The van der Waals surface area contributed by atoms with Gasteiger partial charge in [0.2, 0.25) is 11.9 Å². The summed E-state index contributed by atoms with van der Waals surface area (Å²) < 4.78 is 0. The lowest BCUT2D eigenvalue weighted by molar-refractivity contribution is -0.116. The topological polar surface area (TPSA) is 98.4 Å². The van der Waals surface area contributed by atoms with Gasteiger partial charge in [0.05, 0.1) is 11.3 Å². The van der Waals surface area contributed by atoms with Crippen molar-refractivity contribution in [2.75, 3.05) is 16.8 Å². The summed E-state index contributed by atoms with van der Waals surface area (Å²) in [4.78, 5) is 48.9. The third-order valence-electron chi connectivity index (χ3n) is 5.94. The van der Waals surface area contributed by atoms with E-state index in [0.29, 0.717) is 42.1 Å². The van der Waals surface area contributed by atoms with Gasteiger partial charge >= 0.3 is 0 Å². The average Bonchev–Trinajstić information content (AvgIpc) is 3.42. The molecule has 2 aliphatic heterocycles. The number of aromatic nitrogens is 2. The van der Waals surface area contributed by atoms with E-state index in [4.69, 9.17) is 0 Å². The second-order valence-corrected chi connectivity index (χ2v) is 7.95. The van der Waals surface area contributed by atoms with E-state index in [1.807, 2.05) is 42.5 Å². The number of carbonyl (C=O) groups excluding carboxylic acids is 3. The monoisotopic (exact) mass is 429 g/mol. The molecule has 2 N–H and O–H groups in total. The maximum absolute atomic E-state index is 13.3. The van der Waals surface area contributed by atoms with Crippen molar-refractivity contribution >= 4 is 29.4 Å². The molecule has 1 atom stereocenters. The van der Waals surface area contributed by atoms with Gasteiger partial charge in [0.1, 0.15) is 6.17 Å². The van der Waals surface area contributed by atoms with Crippen LogP contribution in [0.1, 0.15) is 58.1 Å². The third kappa shape index (κ3) is 3.43. The zero-order chi connectivity index (χ0) is 22.1. The lowest BCUT2D eigenvalue weighted by Gasteiger charge is -2.41. The molecule has 8 nitrogen and oxygen atoms in total. The predicted octanol–water partition coefficient (Wildman–Crippen LogP) is 3.72. The number of benzene rings is 2. The van der Waals surface area contributed by atoms with Crippen molar-refractivity contribution in [3.05, 3.63) is 77.6 Å². The molecule has 1 unspecified atom stereocenters. The summed E-state index contributed by atoms with van der Waals surface area (Å²) in [6.07, 6.45) is 5.42. The number of nitrogens with one attached hydrogen (secondary N) is 2. The zero-order valence-electron chi connectivity index (χ0n) is 17.5. The maximum atomic E-state index is 13.3.